The van der Waals surface area contributed by atoms with Crippen LogP contribution in [0.3, 0.4) is 0 Å². The summed E-state index contributed by atoms with van der Waals surface area (Å²) in [5.74, 6) is 0.786. The molecule has 5 aromatic rings. The second-order valence-corrected chi connectivity index (χ2v) is 13.4. The summed E-state index contributed by atoms with van der Waals surface area (Å²) in [5.41, 5.74) is 8.08. The van der Waals surface area contributed by atoms with Crippen LogP contribution in [0.25, 0.3) is 45.0 Å². The van der Waals surface area contributed by atoms with E-state index < -0.39 is 8.07 Å². The van der Waals surface area contributed by atoms with E-state index in [9.17, 15) is 0 Å². The van der Waals surface area contributed by atoms with Gasteiger partial charge in [0.1, 0.15) is 8.07 Å². The van der Waals surface area contributed by atoms with Gasteiger partial charge in [-0.15, -0.1) is 0 Å². The summed E-state index contributed by atoms with van der Waals surface area (Å²) >= 11 is 0. The lowest BCUT2D eigenvalue weighted by Gasteiger charge is -2.22. The lowest BCUT2D eigenvalue weighted by molar-refractivity contribution is 1.20. The van der Waals surface area contributed by atoms with Crippen molar-refractivity contribution in [2.45, 2.75) is 13.1 Å². The Morgan fingerprint density at radius 2 is 0.970 bits per heavy atom. The van der Waals surface area contributed by atoms with Crippen molar-refractivity contribution in [2.24, 2.45) is 0 Å². The quantitative estimate of drug-likeness (QED) is 0.309. The number of nitrogens with zero attached hydrogens (tertiary/aromatic N) is 2. The number of fused-ring (bicyclic) bond motifs is 3. The van der Waals surface area contributed by atoms with Crippen molar-refractivity contribution in [1.29, 1.82) is 0 Å². The van der Waals surface area contributed by atoms with E-state index in [1.165, 1.54) is 32.6 Å². The summed E-state index contributed by atoms with van der Waals surface area (Å²) in [6, 6.07) is 38.4. The summed E-state index contributed by atoms with van der Waals surface area (Å²) < 4.78 is 0. The molecular weight excluding hydrogens is 416 g/mol. The van der Waals surface area contributed by atoms with Crippen molar-refractivity contribution >= 4 is 18.4 Å². The Kier molecular flexibility index (Phi) is 4.59. The van der Waals surface area contributed by atoms with Crippen LogP contribution in [0.4, 0.5) is 0 Å². The van der Waals surface area contributed by atoms with E-state index in [0.717, 1.165) is 22.8 Å². The van der Waals surface area contributed by atoms with Crippen LogP contribution in [0.5, 0.6) is 0 Å². The van der Waals surface area contributed by atoms with Crippen LogP contribution in [0.2, 0.25) is 13.1 Å². The van der Waals surface area contributed by atoms with Crippen molar-refractivity contribution in [3.8, 4) is 45.0 Å². The first kappa shape index (κ1) is 19.8. The first-order valence-electron chi connectivity index (χ1n) is 11.4. The van der Waals surface area contributed by atoms with Crippen molar-refractivity contribution in [1.82, 2.24) is 9.97 Å². The SMILES string of the molecule is C[Si]1(C)c2ccccc2-c2nc(-c3ccccc3)nc(-c3ccccc3-c3ccccc3)c21. The zero-order valence-electron chi connectivity index (χ0n) is 18.8. The molecule has 3 heteroatoms. The van der Waals surface area contributed by atoms with Crippen LogP contribution in [-0.2, 0) is 0 Å². The van der Waals surface area contributed by atoms with Gasteiger partial charge in [0.15, 0.2) is 5.82 Å². The van der Waals surface area contributed by atoms with Gasteiger partial charge in [-0.05, 0) is 27.1 Å². The number of rotatable bonds is 3. The molecule has 1 aliphatic heterocycles. The van der Waals surface area contributed by atoms with Crippen molar-refractivity contribution in [3.05, 3.63) is 109 Å². The predicted octanol–water partition coefficient (Wildman–Crippen LogP) is 6.28. The number of hydrogen-bond acceptors (Lipinski definition) is 2. The Labute approximate surface area is 195 Å². The molecule has 1 aliphatic rings. The molecule has 0 fully saturated rings. The summed E-state index contributed by atoms with van der Waals surface area (Å²) in [7, 11) is -1.98. The minimum Gasteiger partial charge on any atom is -0.228 e. The third kappa shape index (κ3) is 3.16. The molecule has 0 radical (unpaired) electrons. The zero-order chi connectivity index (χ0) is 22.4. The van der Waals surface area contributed by atoms with Crippen LogP contribution in [0.1, 0.15) is 0 Å². The maximum Gasteiger partial charge on any atom is 0.160 e. The molecule has 0 bridgehead atoms. The Morgan fingerprint density at radius 3 is 1.64 bits per heavy atom. The van der Waals surface area contributed by atoms with Crippen molar-refractivity contribution in [3.63, 3.8) is 0 Å². The molecule has 6 rings (SSSR count). The molecule has 0 saturated carbocycles. The van der Waals surface area contributed by atoms with Gasteiger partial charge in [0.05, 0.1) is 11.4 Å². The van der Waals surface area contributed by atoms with E-state index in [4.69, 9.17) is 9.97 Å². The van der Waals surface area contributed by atoms with Crippen LogP contribution >= 0.6 is 0 Å². The smallest absolute Gasteiger partial charge is 0.160 e. The average Bonchev–Trinajstić information content (AvgIpc) is 3.12. The summed E-state index contributed by atoms with van der Waals surface area (Å²) in [4.78, 5) is 10.4. The van der Waals surface area contributed by atoms with Gasteiger partial charge in [-0.2, -0.15) is 0 Å². The normalized spacial score (nSPS) is 13.4. The molecule has 158 valence electrons. The van der Waals surface area contributed by atoms with Crippen LogP contribution < -0.4 is 10.4 Å². The highest BCUT2D eigenvalue weighted by Crippen LogP contribution is 2.37. The van der Waals surface area contributed by atoms with Gasteiger partial charge in [0, 0.05) is 11.1 Å². The molecule has 0 unspecified atom stereocenters. The van der Waals surface area contributed by atoms with Gasteiger partial charge in [0.2, 0.25) is 0 Å². The third-order valence-electron chi connectivity index (χ3n) is 6.69. The molecule has 33 heavy (non-hydrogen) atoms. The summed E-state index contributed by atoms with van der Waals surface area (Å²) in [6.07, 6.45) is 0. The highest BCUT2D eigenvalue weighted by Gasteiger charge is 2.41. The second-order valence-electron chi connectivity index (χ2n) is 9.07. The summed E-state index contributed by atoms with van der Waals surface area (Å²) in [5, 5.41) is 2.78. The van der Waals surface area contributed by atoms with Gasteiger partial charge in [-0.3, -0.25) is 0 Å². The van der Waals surface area contributed by atoms with Gasteiger partial charge in [-0.25, -0.2) is 9.97 Å². The van der Waals surface area contributed by atoms with Crippen LogP contribution in [0.15, 0.2) is 109 Å². The average molecular weight is 441 g/mol. The van der Waals surface area contributed by atoms with Crippen molar-refractivity contribution in [2.75, 3.05) is 0 Å². The fourth-order valence-corrected chi connectivity index (χ4v) is 8.31. The van der Waals surface area contributed by atoms with Crippen LogP contribution in [0, 0.1) is 0 Å². The monoisotopic (exact) mass is 440 g/mol. The minimum atomic E-state index is -1.98. The van der Waals surface area contributed by atoms with E-state index in [0.29, 0.717) is 0 Å². The van der Waals surface area contributed by atoms with E-state index in [1.807, 2.05) is 6.07 Å². The molecule has 0 saturated heterocycles. The molecular formula is C30H24N2Si. The van der Waals surface area contributed by atoms with E-state index in [1.54, 1.807) is 0 Å². The summed E-state index contributed by atoms with van der Waals surface area (Å²) in [6.45, 7) is 4.86. The first-order chi connectivity index (χ1) is 16.1. The first-order valence-corrected chi connectivity index (χ1v) is 14.4. The molecule has 0 amide bonds. The standard InChI is InChI=1S/C30H24N2Si/c1-33(2)26-20-12-11-19-25(26)28-29(33)27(31-30(32-28)22-15-7-4-8-16-22)24-18-10-9-17-23(24)21-13-5-3-6-14-21/h3-20H,1-2H3. The fourth-order valence-electron chi connectivity index (χ4n) is 5.09. The Hall–Kier alpha value is -3.82. The van der Waals surface area contributed by atoms with E-state index >= 15 is 0 Å². The van der Waals surface area contributed by atoms with Gasteiger partial charge in [-0.1, -0.05) is 122 Å². The van der Waals surface area contributed by atoms with Crippen molar-refractivity contribution < 1.29 is 0 Å². The minimum absolute atomic E-state index is 0.786. The third-order valence-corrected chi connectivity index (χ3v) is 10.2. The van der Waals surface area contributed by atoms with E-state index in [2.05, 4.69) is 116 Å². The molecule has 1 aromatic heterocycles. The highest BCUT2D eigenvalue weighted by atomic mass is 28.3. The van der Waals surface area contributed by atoms with Gasteiger partial charge >= 0.3 is 0 Å². The van der Waals surface area contributed by atoms with Crippen LogP contribution in [-0.4, -0.2) is 18.0 Å². The molecule has 0 N–H and O–H groups in total. The lowest BCUT2D eigenvalue weighted by Crippen LogP contribution is -2.50. The Bertz CT molecular complexity index is 1470. The maximum absolute atomic E-state index is 5.27. The van der Waals surface area contributed by atoms with E-state index in [-0.39, 0.29) is 0 Å². The fraction of sp³-hybridized carbons (Fsp3) is 0.0667. The molecule has 2 heterocycles. The largest absolute Gasteiger partial charge is 0.228 e. The maximum atomic E-state index is 5.27. The Morgan fingerprint density at radius 1 is 0.485 bits per heavy atom. The lowest BCUT2D eigenvalue weighted by atomic mass is 9.96. The second kappa shape index (κ2) is 7.64. The topological polar surface area (TPSA) is 25.8 Å². The number of hydrogen-bond donors (Lipinski definition) is 0. The molecule has 4 aromatic carbocycles. The molecule has 0 aliphatic carbocycles. The van der Waals surface area contributed by atoms with Gasteiger partial charge in [0.25, 0.3) is 0 Å². The number of aromatic nitrogens is 2. The molecule has 2 nitrogen and oxygen atoms in total. The predicted molar refractivity (Wildman–Crippen MR) is 141 cm³/mol. The molecule has 0 atom stereocenters. The molecule has 0 spiro atoms. The van der Waals surface area contributed by atoms with Gasteiger partial charge < -0.3 is 0 Å². The highest BCUT2D eigenvalue weighted by molar-refractivity contribution is 7.04. The Balaban J connectivity index is 1.70. The number of benzene rings is 4. The zero-order valence-corrected chi connectivity index (χ0v) is 19.8.